The number of benzene rings is 1. The monoisotopic (exact) mass is 725 g/mol. The molecule has 2 aromatic rings. The highest BCUT2D eigenvalue weighted by Crippen LogP contribution is 2.46. The van der Waals surface area contributed by atoms with Crippen LogP contribution < -0.4 is 16.0 Å². The fourth-order valence-electron chi connectivity index (χ4n) is 7.87. The Bertz CT molecular complexity index is 1660. The fraction of sp³-hybridized carbons (Fsp3) is 0.605. The predicted molar refractivity (Wildman–Crippen MR) is 189 cm³/mol. The van der Waals surface area contributed by atoms with Crippen LogP contribution in [0.3, 0.4) is 0 Å². The zero-order chi connectivity index (χ0) is 37.1. The van der Waals surface area contributed by atoms with Crippen LogP contribution in [0.1, 0.15) is 100 Å². The van der Waals surface area contributed by atoms with Crippen molar-refractivity contribution in [2.45, 2.75) is 109 Å². The van der Waals surface area contributed by atoms with Gasteiger partial charge in [-0.1, -0.05) is 51.5 Å². The normalized spacial score (nSPS) is 19.6. The minimum Gasteiger partial charge on any atom is -0.340 e. The minimum absolute atomic E-state index is 0.0203. The zero-order valence-electron chi connectivity index (χ0n) is 30.2. The van der Waals surface area contributed by atoms with Crippen LogP contribution in [0.25, 0.3) is 0 Å². The lowest BCUT2D eigenvalue weighted by Gasteiger charge is -2.46. The summed E-state index contributed by atoms with van der Waals surface area (Å²) >= 11 is 0. The molecule has 1 saturated heterocycles. The first kappa shape index (κ1) is 37.4. The molecule has 3 N–H and O–H groups in total. The number of urea groups is 1. The van der Waals surface area contributed by atoms with Crippen LogP contribution in [-0.4, -0.2) is 81.6 Å². The Morgan fingerprint density at radius 1 is 0.942 bits per heavy atom. The maximum atomic E-state index is 16.0. The fourth-order valence-corrected chi connectivity index (χ4v) is 7.87. The van der Waals surface area contributed by atoms with Crippen LogP contribution in [0.15, 0.2) is 42.1 Å². The Morgan fingerprint density at radius 3 is 2.13 bits per heavy atom. The van der Waals surface area contributed by atoms with Gasteiger partial charge in [-0.25, -0.2) is 9.18 Å². The number of amides is 5. The lowest BCUT2D eigenvalue weighted by atomic mass is 9.62. The van der Waals surface area contributed by atoms with Crippen molar-refractivity contribution >= 4 is 29.4 Å². The molecule has 4 fully saturated rings. The van der Waals surface area contributed by atoms with Gasteiger partial charge in [-0.3, -0.25) is 19.1 Å². The van der Waals surface area contributed by atoms with Crippen LogP contribution in [0, 0.1) is 23.6 Å². The van der Waals surface area contributed by atoms with Crippen molar-refractivity contribution in [3.63, 3.8) is 0 Å². The standard InChI is InChI=1S/C38H50F3N7O4/c1-4-48-30(15-18-42-48)35(49)44-33(31(23-7-5-8-23)24-9-6-10-24)36(50)43-29-14-11-26(21-28(29)39)22(2)32(45-38(52)46(3)27-12-13-27)37(51)47-19-16-25(17-20-47)34(40)41/h11,14-15,18,21-24,27,31-33H,4-10,12-13,16-17,19-20H2,1-3H3,(H,43,50)(H,44,49)(H,45,52)/t22-,32+,33-/m0/s1. The molecule has 282 valence electrons. The van der Waals surface area contributed by atoms with E-state index in [1.807, 2.05) is 6.92 Å². The van der Waals surface area contributed by atoms with Crippen molar-refractivity contribution in [1.29, 1.82) is 0 Å². The number of halogens is 3. The van der Waals surface area contributed by atoms with Gasteiger partial charge in [0.1, 0.15) is 23.6 Å². The van der Waals surface area contributed by atoms with Gasteiger partial charge >= 0.3 is 6.03 Å². The van der Waals surface area contributed by atoms with E-state index >= 15 is 4.39 Å². The molecule has 11 nitrogen and oxygen atoms in total. The second-order valence-corrected chi connectivity index (χ2v) is 14.9. The van der Waals surface area contributed by atoms with Gasteiger partial charge in [-0.15, -0.1) is 0 Å². The van der Waals surface area contributed by atoms with Crippen molar-refractivity contribution in [3.05, 3.63) is 59.2 Å². The molecule has 0 unspecified atom stereocenters. The number of hydrogen-bond acceptors (Lipinski definition) is 5. The Hall–Kier alpha value is -4.36. The summed E-state index contributed by atoms with van der Waals surface area (Å²) in [7, 11) is 1.66. The SMILES string of the molecule is CCn1nccc1C(=O)N[C@H](C(=O)Nc1ccc([C@H](C)[C@@H](NC(=O)N(C)C2CC2)C(=O)N2CCC(=C(F)F)CC2)cc1F)C(C1CCC1)C1CCC1. The highest BCUT2D eigenvalue weighted by molar-refractivity contribution is 6.01. The molecule has 1 aromatic carbocycles. The van der Waals surface area contributed by atoms with E-state index in [1.165, 1.54) is 17.0 Å². The van der Waals surface area contributed by atoms with Gasteiger partial charge in [0.15, 0.2) is 0 Å². The summed E-state index contributed by atoms with van der Waals surface area (Å²) in [6, 6.07) is 3.58. The van der Waals surface area contributed by atoms with E-state index in [1.54, 1.807) is 41.9 Å². The first-order valence-corrected chi connectivity index (χ1v) is 18.7. The quantitative estimate of drug-likeness (QED) is 0.232. The highest BCUT2D eigenvalue weighted by Gasteiger charge is 2.45. The molecule has 0 spiro atoms. The third kappa shape index (κ3) is 8.15. The number of nitrogens with zero attached hydrogens (tertiary/aromatic N) is 4. The van der Waals surface area contributed by atoms with Crippen molar-refractivity contribution in [3.8, 4) is 0 Å². The molecule has 0 radical (unpaired) electrons. The van der Waals surface area contributed by atoms with E-state index in [9.17, 15) is 28.0 Å². The Kier molecular flexibility index (Phi) is 11.6. The number of nitrogens with one attached hydrogen (secondary N) is 3. The van der Waals surface area contributed by atoms with Gasteiger partial charge in [-0.2, -0.15) is 13.9 Å². The van der Waals surface area contributed by atoms with E-state index in [0.29, 0.717) is 17.8 Å². The molecule has 3 saturated carbocycles. The molecule has 14 heteroatoms. The number of likely N-dealkylation sites (tertiary alicyclic amines) is 1. The van der Waals surface area contributed by atoms with Crippen molar-refractivity contribution in [2.24, 2.45) is 17.8 Å². The number of aryl methyl sites for hydroxylation is 1. The Morgan fingerprint density at radius 2 is 1.60 bits per heavy atom. The number of carbonyl (C=O) groups excluding carboxylic acids is 4. The van der Waals surface area contributed by atoms with Gasteiger partial charge in [0.2, 0.25) is 11.8 Å². The summed E-state index contributed by atoms with van der Waals surface area (Å²) in [5.41, 5.74) is 0.715. The molecular weight excluding hydrogens is 675 g/mol. The Balaban J connectivity index is 1.21. The number of anilines is 1. The van der Waals surface area contributed by atoms with Crippen LogP contribution in [-0.2, 0) is 16.1 Å². The van der Waals surface area contributed by atoms with Crippen LogP contribution in [0.2, 0.25) is 0 Å². The van der Waals surface area contributed by atoms with E-state index in [0.717, 1.165) is 51.4 Å². The van der Waals surface area contributed by atoms with Gasteiger partial charge in [0.25, 0.3) is 12.0 Å². The second-order valence-electron chi connectivity index (χ2n) is 14.9. The molecule has 2 heterocycles. The Labute approximate surface area is 302 Å². The summed E-state index contributed by atoms with van der Waals surface area (Å²) < 4.78 is 43.9. The summed E-state index contributed by atoms with van der Waals surface area (Å²) in [4.78, 5) is 57.7. The van der Waals surface area contributed by atoms with Gasteiger partial charge in [0.05, 0.1) is 5.69 Å². The summed E-state index contributed by atoms with van der Waals surface area (Å²) in [6.07, 6.45) is 7.67. The second kappa shape index (κ2) is 16.1. The third-order valence-electron chi connectivity index (χ3n) is 11.8. The topological polar surface area (TPSA) is 129 Å². The average molecular weight is 726 g/mol. The predicted octanol–water partition coefficient (Wildman–Crippen LogP) is 6.04. The van der Waals surface area contributed by atoms with Crippen LogP contribution in [0.4, 0.5) is 23.7 Å². The molecular formula is C38H50F3N7O4. The molecule has 3 aliphatic carbocycles. The highest BCUT2D eigenvalue weighted by atomic mass is 19.3. The molecule has 6 rings (SSSR count). The number of hydrogen-bond donors (Lipinski definition) is 3. The van der Waals surface area contributed by atoms with Gasteiger partial charge < -0.3 is 25.8 Å². The van der Waals surface area contributed by atoms with Gasteiger partial charge in [0, 0.05) is 44.8 Å². The van der Waals surface area contributed by atoms with Crippen molar-refractivity contribution in [1.82, 2.24) is 30.2 Å². The summed E-state index contributed by atoms with van der Waals surface area (Å²) in [5.74, 6) is -2.27. The lowest BCUT2D eigenvalue weighted by Crippen LogP contribution is -2.55. The largest absolute Gasteiger partial charge is 0.340 e. The molecule has 1 aromatic heterocycles. The van der Waals surface area contributed by atoms with Crippen LogP contribution >= 0.6 is 0 Å². The summed E-state index contributed by atoms with van der Waals surface area (Å²) in [6.45, 7) is 4.24. The zero-order valence-corrected chi connectivity index (χ0v) is 30.2. The number of carbonyl (C=O) groups is 4. The van der Waals surface area contributed by atoms with Gasteiger partial charge in [-0.05, 0) is 79.7 Å². The number of piperidine rings is 1. The first-order valence-electron chi connectivity index (χ1n) is 18.7. The molecule has 1 aliphatic heterocycles. The number of rotatable bonds is 13. The van der Waals surface area contributed by atoms with Crippen molar-refractivity contribution < 1.29 is 32.3 Å². The maximum absolute atomic E-state index is 16.0. The maximum Gasteiger partial charge on any atom is 0.318 e. The summed E-state index contributed by atoms with van der Waals surface area (Å²) in [5, 5.41) is 12.8. The van der Waals surface area contributed by atoms with E-state index < -0.39 is 53.7 Å². The minimum atomic E-state index is -1.72. The molecule has 5 amide bonds. The smallest absolute Gasteiger partial charge is 0.318 e. The van der Waals surface area contributed by atoms with Crippen molar-refractivity contribution in [2.75, 3.05) is 25.5 Å². The molecule has 52 heavy (non-hydrogen) atoms. The first-order chi connectivity index (χ1) is 25.0. The van der Waals surface area contributed by atoms with Crippen LogP contribution in [0.5, 0.6) is 0 Å². The molecule has 0 bridgehead atoms. The molecule has 4 aliphatic rings. The molecule has 3 atom stereocenters. The lowest BCUT2D eigenvalue weighted by molar-refractivity contribution is -0.134. The van der Waals surface area contributed by atoms with E-state index in [-0.39, 0.29) is 61.0 Å². The average Bonchev–Trinajstić information content (AvgIpc) is 3.83. The van der Waals surface area contributed by atoms with E-state index in [2.05, 4.69) is 21.0 Å². The number of aromatic nitrogens is 2. The van der Waals surface area contributed by atoms with E-state index in [4.69, 9.17) is 0 Å². The third-order valence-corrected chi connectivity index (χ3v) is 11.8.